The van der Waals surface area contributed by atoms with Gasteiger partial charge < -0.3 is 9.64 Å². The van der Waals surface area contributed by atoms with Gasteiger partial charge in [-0.25, -0.2) is 8.42 Å². The molecule has 4 rings (SSSR count). The average Bonchev–Trinajstić information content (AvgIpc) is 2.73. The molecular formula is C21H22N2O3S. The SMILES string of the molecule is COc1cccc(N2CCN(S(=O)(=O)c3cccc4ccccc34)CC2)c1. The van der Waals surface area contributed by atoms with Gasteiger partial charge in [0, 0.05) is 43.3 Å². The van der Waals surface area contributed by atoms with E-state index in [1.54, 1.807) is 17.5 Å². The lowest BCUT2D eigenvalue weighted by Crippen LogP contribution is -2.48. The number of ether oxygens (including phenoxy) is 1. The molecule has 1 saturated heterocycles. The zero-order valence-electron chi connectivity index (χ0n) is 15.2. The van der Waals surface area contributed by atoms with Crippen molar-refractivity contribution >= 4 is 26.5 Å². The predicted octanol–water partition coefficient (Wildman–Crippen LogP) is 3.36. The number of anilines is 1. The van der Waals surface area contributed by atoms with Crippen LogP contribution in [-0.4, -0.2) is 46.0 Å². The molecule has 140 valence electrons. The van der Waals surface area contributed by atoms with Crippen LogP contribution in [0.5, 0.6) is 5.75 Å². The van der Waals surface area contributed by atoms with Crippen molar-refractivity contribution in [1.82, 2.24) is 4.31 Å². The largest absolute Gasteiger partial charge is 0.497 e. The molecule has 1 aliphatic heterocycles. The highest BCUT2D eigenvalue weighted by Crippen LogP contribution is 2.28. The average molecular weight is 382 g/mol. The van der Waals surface area contributed by atoms with E-state index in [-0.39, 0.29) is 0 Å². The first kappa shape index (κ1) is 17.8. The lowest BCUT2D eigenvalue weighted by atomic mass is 10.1. The number of hydrogen-bond acceptors (Lipinski definition) is 4. The second-order valence-electron chi connectivity index (χ2n) is 6.57. The zero-order valence-corrected chi connectivity index (χ0v) is 16.0. The summed E-state index contributed by atoms with van der Waals surface area (Å²) in [4.78, 5) is 2.58. The molecule has 0 saturated carbocycles. The third-order valence-corrected chi connectivity index (χ3v) is 6.98. The van der Waals surface area contributed by atoms with E-state index in [4.69, 9.17) is 4.74 Å². The van der Waals surface area contributed by atoms with E-state index in [0.717, 1.165) is 22.2 Å². The molecule has 0 bridgehead atoms. The van der Waals surface area contributed by atoms with Gasteiger partial charge >= 0.3 is 0 Å². The molecule has 1 aliphatic rings. The molecule has 0 unspecified atom stereocenters. The Kier molecular flexibility index (Phi) is 4.76. The lowest BCUT2D eigenvalue weighted by Gasteiger charge is -2.35. The standard InChI is InChI=1S/C21H22N2O3S/c1-26-19-9-5-8-18(16-19)22-12-14-23(15-13-22)27(24,25)21-11-4-7-17-6-2-3-10-20(17)21/h2-11,16H,12-15H2,1H3. The molecule has 6 heteroatoms. The third-order valence-electron chi connectivity index (χ3n) is 5.02. The molecule has 1 heterocycles. The molecule has 0 atom stereocenters. The Morgan fingerprint density at radius 2 is 1.56 bits per heavy atom. The Morgan fingerprint density at radius 3 is 2.33 bits per heavy atom. The highest BCUT2D eigenvalue weighted by molar-refractivity contribution is 7.89. The Balaban J connectivity index is 1.56. The van der Waals surface area contributed by atoms with Crippen molar-refractivity contribution < 1.29 is 13.2 Å². The van der Waals surface area contributed by atoms with Crippen LogP contribution in [0, 0.1) is 0 Å². The number of piperazine rings is 1. The van der Waals surface area contributed by atoms with Gasteiger partial charge in [0.1, 0.15) is 5.75 Å². The summed E-state index contributed by atoms with van der Waals surface area (Å²) in [6.07, 6.45) is 0. The number of methoxy groups -OCH3 is 1. The number of hydrogen-bond donors (Lipinski definition) is 0. The molecule has 0 spiro atoms. The van der Waals surface area contributed by atoms with Crippen molar-refractivity contribution in [3.63, 3.8) is 0 Å². The van der Waals surface area contributed by atoms with Crippen molar-refractivity contribution in [3.8, 4) is 5.75 Å². The second kappa shape index (κ2) is 7.21. The van der Waals surface area contributed by atoms with E-state index >= 15 is 0 Å². The van der Waals surface area contributed by atoms with Gasteiger partial charge in [0.25, 0.3) is 0 Å². The van der Waals surface area contributed by atoms with Gasteiger partial charge in [-0.15, -0.1) is 0 Å². The Bertz CT molecular complexity index is 1050. The molecule has 1 fully saturated rings. The maximum Gasteiger partial charge on any atom is 0.243 e. The van der Waals surface area contributed by atoms with E-state index in [9.17, 15) is 8.42 Å². The van der Waals surface area contributed by atoms with Gasteiger partial charge in [0.05, 0.1) is 12.0 Å². The monoisotopic (exact) mass is 382 g/mol. The summed E-state index contributed by atoms with van der Waals surface area (Å²) in [6, 6.07) is 20.9. The van der Waals surface area contributed by atoms with Crippen LogP contribution in [0.3, 0.4) is 0 Å². The lowest BCUT2D eigenvalue weighted by molar-refractivity contribution is 0.384. The molecule has 5 nitrogen and oxygen atoms in total. The molecule has 27 heavy (non-hydrogen) atoms. The van der Waals surface area contributed by atoms with E-state index < -0.39 is 10.0 Å². The van der Waals surface area contributed by atoms with Crippen molar-refractivity contribution in [2.45, 2.75) is 4.90 Å². The van der Waals surface area contributed by atoms with Crippen molar-refractivity contribution in [2.24, 2.45) is 0 Å². The summed E-state index contributed by atoms with van der Waals surface area (Å²) in [5, 5.41) is 1.71. The van der Waals surface area contributed by atoms with Crippen molar-refractivity contribution in [1.29, 1.82) is 0 Å². The maximum absolute atomic E-state index is 13.2. The van der Waals surface area contributed by atoms with E-state index in [1.165, 1.54) is 0 Å². The summed E-state index contributed by atoms with van der Waals surface area (Å²) in [5.74, 6) is 0.804. The van der Waals surface area contributed by atoms with Crippen LogP contribution >= 0.6 is 0 Å². The smallest absolute Gasteiger partial charge is 0.243 e. The van der Waals surface area contributed by atoms with Gasteiger partial charge in [-0.05, 0) is 23.6 Å². The van der Waals surface area contributed by atoms with Gasteiger partial charge in [-0.1, -0.05) is 42.5 Å². The number of fused-ring (bicyclic) bond motifs is 1. The Hall–Kier alpha value is -2.57. The van der Waals surface area contributed by atoms with Gasteiger partial charge in [-0.2, -0.15) is 4.31 Å². The maximum atomic E-state index is 13.2. The number of sulfonamides is 1. The fraction of sp³-hybridized carbons (Fsp3) is 0.238. The highest BCUT2D eigenvalue weighted by atomic mass is 32.2. The summed E-state index contributed by atoms with van der Waals surface area (Å²) in [5.41, 5.74) is 1.05. The minimum atomic E-state index is -3.53. The normalized spacial score (nSPS) is 15.8. The molecule has 3 aromatic carbocycles. The topological polar surface area (TPSA) is 49.9 Å². The number of rotatable bonds is 4. The fourth-order valence-corrected chi connectivity index (χ4v) is 5.19. The van der Waals surface area contributed by atoms with Gasteiger partial charge in [0.2, 0.25) is 10.0 Å². The first-order valence-corrected chi connectivity index (χ1v) is 10.4. The van der Waals surface area contributed by atoms with Crippen LogP contribution in [0.2, 0.25) is 0 Å². The molecule has 0 aromatic heterocycles. The summed E-state index contributed by atoms with van der Waals surface area (Å²) >= 11 is 0. The highest BCUT2D eigenvalue weighted by Gasteiger charge is 2.29. The quantitative estimate of drug-likeness (QED) is 0.694. The molecule has 3 aromatic rings. The fourth-order valence-electron chi connectivity index (χ4n) is 3.55. The first-order chi connectivity index (χ1) is 13.1. The van der Waals surface area contributed by atoms with Gasteiger partial charge in [0.15, 0.2) is 0 Å². The summed E-state index contributed by atoms with van der Waals surface area (Å²) < 4.78 is 33.3. The number of benzene rings is 3. The van der Waals surface area contributed by atoms with Crippen molar-refractivity contribution in [3.05, 3.63) is 66.7 Å². The minimum absolute atomic E-state index is 0.385. The zero-order chi connectivity index (χ0) is 18.9. The van der Waals surface area contributed by atoms with Crippen LogP contribution in [0.25, 0.3) is 10.8 Å². The van der Waals surface area contributed by atoms with Crippen molar-refractivity contribution in [2.75, 3.05) is 38.2 Å². The first-order valence-electron chi connectivity index (χ1n) is 8.96. The van der Waals surface area contributed by atoms with Crippen LogP contribution in [0.1, 0.15) is 0 Å². The molecule has 0 radical (unpaired) electrons. The van der Waals surface area contributed by atoms with Crippen LogP contribution in [-0.2, 0) is 10.0 Å². The second-order valence-corrected chi connectivity index (χ2v) is 8.48. The predicted molar refractivity (Wildman–Crippen MR) is 108 cm³/mol. The Morgan fingerprint density at radius 1 is 0.852 bits per heavy atom. The van der Waals surface area contributed by atoms with Gasteiger partial charge in [-0.3, -0.25) is 0 Å². The summed E-state index contributed by atoms with van der Waals surface area (Å²) in [6.45, 7) is 2.22. The third kappa shape index (κ3) is 3.38. The molecular weight excluding hydrogens is 360 g/mol. The minimum Gasteiger partial charge on any atom is -0.497 e. The molecule has 0 N–H and O–H groups in total. The van der Waals surface area contributed by atoms with E-state index in [1.807, 2.05) is 60.7 Å². The summed E-state index contributed by atoms with van der Waals surface area (Å²) in [7, 11) is -1.88. The molecule has 0 aliphatic carbocycles. The van der Waals surface area contributed by atoms with E-state index in [0.29, 0.717) is 31.1 Å². The van der Waals surface area contributed by atoms with Crippen LogP contribution < -0.4 is 9.64 Å². The Labute approximate surface area is 159 Å². The van der Waals surface area contributed by atoms with Crippen LogP contribution in [0.4, 0.5) is 5.69 Å². The molecule has 0 amide bonds. The van der Waals surface area contributed by atoms with E-state index in [2.05, 4.69) is 4.90 Å². The number of nitrogens with zero attached hydrogens (tertiary/aromatic N) is 2. The van der Waals surface area contributed by atoms with Crippen LogP contribution in [0.15, 0.2) is 71.6 Å².